The van der Waals surface area contributed by atoms with E-state index in [4.69, 9.17) is 9.97 Å². The minimum atomic E-state index is 0.504. The lowest BCUT2D eigenvalue weighted by molar-refractivity contribution is 0.222. The summed E-state index contributed by atoms with van der Waals surface area (Å²) in [7, 11) is 2.24. The summed E-state index contributed by atoms with van der Waals surface area (Å²) in [6.07, 6.45) is 11.0. The van der Waals surface area contributed by atoms with Crippen LogP contribution in [0.4, 0.5) is 5.82 Å². The van der Waals surface area contributed by atoms with Crippen LogP contribution in [0.1, 0.15) is 19.3 Å². The molecule has 0 aromatic carbocycles. The zero-order valence-electron chi connectivity index (χ0n) is 15.7. The lowest BCUT2D eigenvalue weighted by Gasteiger charge is -2.40. The van der Waals surface area contributed by atoms with E-state index in [2.05, 4.69) is 26.8 Å². The second kappa shape index (κ2) is 6.53. The van der Waals surface area contributed by atoms with Gasteiger partial charge in [0.25, 0.3) is 0 Å². The summed E-state index contributed by atoms with van der Waals surface area (Å²) >= 11 is 0. The standard InChI is InChI=1S/C21H24N6/c1-26-11-5-21(15-26)6-12-27(13-7-21)20-17-4-10-23-14-18(17)24-19(25-20)16-2-8-22-9-3-16/h2-4,8-10,14H,5-7,11-13,15H2,1H3. The maximum absolute atomic E-state index is 4.97. The molecule has 0 atom stereocenters. The van der Waals surface area contributed by atoms with Crippen molar-refractivity contribution in [3.63, 3.8) is 0 Å². The van der Waals surface area contributed by atoms with Crippen LogP contribution in [0.5, 0.6) is 0 Å². The minimum Gasteiger partial charge on any atom is -0.356 e. The summed E-state index contributed by atoms with van der Waals surface area (Å²) in [5.74, 6) is 1.78. The predicted molar refractivity (Wildman–Crippen MR) is 107 cm³/mol. The third-order valence-electron chi connectivity index (χ3n) is 6.17. The van der Waals surface area contributed by atoms with Gasteiger partial charge < -0.3 is 9.80 Å². The van der Waals surface area contributed by atoms with Crippen LogP contribution in [0.3, 0.4) is 0 Å². The second-order valence-corrected chi connectivity index (χ2v) is 7.97. The van der Waals surface area contributed by atoms with Gasteiger partial charge in [-0.05, 0) is 56.5 Å². The molecule has 0 radical (unpaired) electrons. The molecule has 0 saturated carbocycles. The molecule has 2 aliphatic rings. The van der Waals surface area contributed by atoms with Crippen molar-refractivity contribution in [2.75, 3.05) is 38.1 Å². The average molecular weight is 360 g/mol. The van der Waals surface area contributed by atoms with E-state index in [9.17, 15) is 0 Å². The molecule has 3 aromatic rings. The van der Waals surface area contributed by atoms with Crippen molar-refractivity contribution in [2.24, 2.45) is 5.41 Å². The van der Waals surface area contributed by atoms with Crippen LogP contribution in [0.15, 0.2) is 43.0 Å². The number of hydrogen-bond donors (Lipinski definition) is 0. The zero-order chi connectivity index (χ0) is 18.3. The van der Waals surface area contributed by atoms with Crippen molar-refractivity contribution >= 4 is 16.7 Å². The highest BCUT2D eigenvalue weighted by molar-refractivity contribution is 5.90. The van der Waals surface area contributed by atoms with Crippen molar-refractivity contribution in [3.05, 3.63) is 43.0 Å². The van der Waals surface area contributed by atoms with E-state index >= 15 is 0 Å². The zero-order valence-corrected chi connectivity index (χ0v) is 15.7. The number of aromatic nitrogens is 4. The van der Waals surface area contributed by atoms with Crippen LogP contribution >= 0.6 is 0 Å². The number of hydrogen-bond acceptors (Lipinski definition) is 6. The number of anilines is 1. The molecule has 0 unspecified atom stereocenters. The number of likely N-dealkylation sites (tertiary alicyclic amines) is 1. The van der Waals surface area contributed by atoms with E-state index in [1.807, 2.05) is 30.6 Å². The molecule has 27 heavy (non-hydrogen) atoms. The van der Waals surface area contributed by atoms with Crippen LogP contribution in [-0.4, -0.2) is 58.1 Å². The first-order valence-electron chi connectivity index (χ1n) is 9.68. The molecule has 1 spiro atoms. The van der Waals surface area contributed by atoms with Gasteiger partial charge in [0, 0.05) is 49.2 Å². The van der Waals surface area contributed by atoms with Gasteiger partial charge in [-0.1, -0.05) is 0 Å². The summed E-state index contributed by atoms with van der Waals surface area (Å²) in [5, 5.41) is 1.09. The molecular weight excluding hydrogens is 336 g/mol. The Morgan fingerprint density at radius 3 is 2.37 bits per heavy atom. The maximum Gasteiger partial charge on any atom is 0.162 e. The van der Waals surface area contributed by atoms with E-state index < -0.39 is 0 Å². The predicted octanol–water partition coefficient (Wildman–Crippen LogP) is 3.01. The highest BCUT2D eigenvalue weighted by Crippen LogP contribution is 2.41. The van der Waals surface area contributed by atoms with E-state index in [1.165, 1.54) is 32.4 Å². The first kappa shape index (κ1) is 16.6. The van der Waals surface area contributed by atoms with Gasteiger partial charge >= 0.3 is 0 Å². The second-order valence-electron chi connectivity index (χ2n) is 7.97. The van der Waals surface area contributed by atoms with Gasteiger partial charge in [0.1, 0.15) is 5.82 Å². The molecule has 5 heterocycles. The third kappa shape index (κ3) is 3.04. The first-order chi connectivity index (χ1) is 13.2. The molecule has 0 aliphatic carbocycles. The summed E-state index contributed by atoms with van der Waals surface area (Å²) in [6, 6.07) is 5.95. The van der Waals surface area contributed by atoms with Gasteiger partial charge in [0.05, 0.1) is 11.7 Å². The molecule has 3 aromatic heterocycles. The Bertz CT molecular complexity index is 949. The fourth-order valence-electron chi connectivity index (χ4n) is 4.59. The van der Waals surface area contributed by atoms with Crippen molar-refractivity contribution < 1.29 is 0 Å². The quantitative estimate of drug-likeness (QED) is 0.700. The van der Waals surface area contributed by atoms with Crippen molar-refractivity contribution in [1.29, 1.82) is 0 Å². The van der Waals surface area contributed by atoms with E-state index in [0.717, 1.165) is 41.2 Å². The molecular formula is C21H24N6. The summed E-state index contributed by atoms with van der Waals surface area (Å²) in [5.41, 5.74) is 2.39. The first-order valence-corrected chi connectivity index (χ1v) is 9.68. The summed E-state index contributed by atoms with van der Waals surface area (Å²) in [4.78, 5) is 23.0. The maximum atomic E-state index is 4.97. The monoisotopic (exact) mass is 360 g/mol. The smallest absolute Gasteiger partial charge is 0.162 e. The fraction of sp³-hybridized carbons (Fsp3) is 0.429. The Hall–Kier alpha value is -2.60. The van der Waals surface area contributed by atoms with Crippen molar-refractivity contribution in [2.45, 2.75) is 19.3 Å². The van der Waals surface area contributed by atoms with E-state index in [0.29, 0.717) is 5.41 Å². The van der Waals surface area contributed by atoms with Crippen molar-refractivity contribution in [1.82, 2.24) is 24.8 Å². The number of piperidine rings is 1. The van der Waals surface area contributed by atoms with Gasteiger partial charge in [-0.15, -0.1) is 0 Å². The number of fused-ring (bicyclic) bond motifs is 1. The van der Waals surface area contributed by atoms with Gasteiger partial charge in [0.2, 0.25) is 0 Å². The summed E-state index contributed by atoms with van der Waals surface area (Å²) in [6.45, 7) is 4.57. The van der Waals surface area contributed by atoms with Crippen molar-refractivity contribution in [3.8, 4) is 11.4 Å². The van der Waals surface area contributed by atoms with Crippen LogP contribution in [0.2, 0.25) is 0 Å². The minimum absolute atomic E-state index is 0.504. The lowest BCUT2D eigenvalue weighted by atomic mass is 9.78. The highest BCUT2D eigenvalue weighted by Gasteiger charge is 2.39. The van der Waals surface area contributed by atoms with Crippen LogP contribution in [0.25, 0.3) is 22.3 Å². The third-order valence-corrected chi connectivity index (χ3v) is 6.17. The lowest BCUT2D eigenvalue weighted by Crippen LogP contribution is -2.41. The van der Waals surface area contributed by atoms with E-state index in [1.54, 1.807) is 12.4 Å². The molecule has 6 heteroatoms. The van der Waals surface area contributed by atoms with Crippen LogP contribution < -0.4 is 4.90 Å². The molecule has 6 nitrogen and oxygen atoms in total. The number of rotatable bonds is 2. The average Bonchev–Trinajstić information content (AvgIpc) is 3.08. The van der Waals surface area contributed by atoms with Gasteiger partial charge in [-0.3, -0.25) is 9.97 Å². The molecule has 2 fully saturated rings. The Labute approximate surface area is 159 Å². The normalized spacial score (nSPS) is 19.8. The fourth-order valence-corrected chi connectivity index (χ4v) is 4.59. The molecule has 0 N–H and O–H groups in total. The topological polar surface area (TPSA) is 58.0 Å². The Morgan fingerprint density at radius 1 is 0.889 bits per heavy atom. The Balaban J connectivity index is 1.51. The molecule has 0 amide bonds. The molecule has 138 valence electrons. The Kier molecular flexibility index (Phi) is 4.01. The van der Waals surface area contributed by atoms with Crippen LogP contribution in [0, 0.1) is 5.41 Å². The summed E-state index contributed by atoms with van der Waals surface area (Å²) < 4.78 is 0. The highest BCUT2D eigenvalue weighted by atomic mass is 15.2. The number of pyridine rings is 2. The molecule has 0 bridgehead atoms. The van der Waals surface area contributed by atoms with Gasteiger partial charge in [0.15, 0.2) is 5.82 Å². The Morgan fingerprint density at radius 2 is 1.63 bits per heavy atom. The SMILES string of the molecule is CN1CCC2(CCN(c3nc(-c4ccncc4)nc4cnccc34)CC2)C1. The number of nitrogens with zero attached hydrogens (tertiary/aromatic N) is 6. The van der Waals surface area contributed by atoms with Gasteiger partial charge in [-0.2, -0.15) is 0 Å². The molecule has 5 rings (SSSR count). The van der Waals surface area contributed by atoms with E-state index in [-0.39, 0.29) is 0 Å². The molecule has 2 aliphatic heterocycles. The van der Waals surface area contributed by atoms with Crippen LogP contribution in [-0.2, 0) is 0 Å². The van der Waals surface area contributed by atoms with Gasteiger partial charge in [-0.25, -0.2) is 9.97 Å². The molecule has 2 saturated heterocycles. The largest absolute Gasteiger partial charge is 0.356 e.